The first-order valence-corrected chi connectivity index (χ1v) is 12.9. The molecule has 34 heavy (non-hydrogen) atoms. The molecule has 0 bridgehead atoms. The number of carbonyl (C=O) groups excluding carboxylic acids is 1. The van der Waals surface area contributed by atoms with Crippen molar-refractivity contribution in [1.82, 2.24) is 24.6 Å². The lowest BCUT2D eigenvalue weighted by Gasteiger charge is -2.19. The maximum atomic E-state index is 13.0. The third kappa shape index (κ3) is 6.33. The molecular formula is C27H37N5O2. The van der Waals surface area contributed by atoms with Crippen LogP contribution in [0.3, 0.4) is 0 Å². The highest BCUT2D eigenvalue weighted by atomic mass is 16.2. The molecule has 1 aliphatic carbocycles. The SMILES string of the molecule is Cc1ccc(-n2ncc3c(=O)n(CCC(=O)NC4CCCCCCCCCCC4)cnc32)cc1. The largest absolute Gasteiger partial charge is 0.353 e. The van der Waals surface area contributed by atoms with Crippen molar-refractivity contribution in [2.75, 3.05) is 0 Å². The number of benzene rings is 1. The van der Waals surface area contributed by atoms with Crippen LogP contribution in [0.15, 0.2) is 41.6 Å². The summed E-state index contributed by atoms with van der Waals surface area (Å²) in [6, 6.07) is 8.18. The summed E-state index contributed by atoms with van der Waals surface area (Å²) in [5.41, 5.74) is 2.39. The molecule has 1 saturated carbocycles. The van der Waals surface area contributed by atoms with E-state index in [0.29, 0.717) is 17.6 Å². The molecule has 0 radical (unpaired) electrons. The number of aryl methyl sites for hydroxylation is 2. The van der Waals surface area contributed by atoms with E-state index in [1.165, 1.54) is 68.7 Å². The lowest BCUT2D eigenvalue weighted by Crippen LogP contribution is -2.36. The summed E-state index contributed by atoms with van der Waals surface area (Å²) in [7, 11) is 0. The molecule has 4 rings (SSSR count). The summed E-state index contributed by atoms with van der Waals surface area (Å²) < 4.78 is 3.20. The van der Waals surface area contributed by atoms with E-state index in [1.807, 2.05) is 31.2 Å². The maximum Gasteiger partial charge on any atom is 0.264 e. The number of nitrogens with one attached hydrogen (secondary N) is 1. The van der Waals surface area contributed by atoms with Crippen molar-refractivity contribution < 1.29 is 4.79 Å². The molecule has 2 heterocycles. The van der Waals surface area contributed by atoms with Gasteiger partial charge in [-0.05, 0) is 31.9 Å². The molecule has 0 saturated heterocycles. The number of amides is 1. The van der Waals surface area contributed by atoms with Crippen LogP contribution in [-0.2, 0) is 11.3 Å². The molecule has 7 heteroatoms. The molecule has 2 aromatic heterocycles. The molecule has 1 N–H and O–H groups in total. The molecule has 0 atom stereocenters. The van der Waals surface area contributed by atoms with E-state index in [0.717, 1.165) is 24.1 Å². The van der Waals surface area contributed by atoms with E-state index >= 15 is 0 Å². The first kappa shape index (κ1) is 24.2. The van der Waals surface area contributed by atoms with Gasteiger partial charge in [0.1, 0.15) is 5.39 Å². The Morgan fingerprint density at radius 2 is 1.59 bits per heavy atom. The molecule has 0 unspecified atom stereocenters. The molecule has 0 spiro atoms. The number of aromatic nitrogens is 4. The molecule has 1 fully saturated rings. The molecule has 0 aliphatic heterocycles. The van der Waals surface area contributed by atoms with Crippen molar-refractivity contribution in [3.63, 3.8) is 0 Å². The lowest BCUT2D eigenvalue weighted by molar-refractivity contribution is -0.122. The van der Waals surface area contributed by atoms with Gasteiger partial charge in [0, 0.05) is 19.0 Å². The topological polar surface area (TPSA) is 81.8 Å². The normalized spacial score (nSPS) is 16.6. The zero-order valence-electron chi connectivity index (χ0n) is 20.3. The summed E-state index contributed by atoms with van der Waals surface area (Å²) >= 11 is 0. The van der Waals surface area contributed by atoms with Gasteiger partial charge >= 0.3 is 0 Å². The van der Waals surface area contributed by atoms with E-state index in [1.54, 1.807) is 10.9 Å². The zero-order chi connectivity index (χ0) is 23.8. The molecule has 3 aromatic rings. The van der Waals surface area contributed by atoms with Crippen molar-refractivity contribution in [3.8, 4) is 5.69 Å². The van der Waals surface area contributed by atoms with E-state index in [9.17, 15) is 9.59 Å². The van der Waals surface area contributed by atoms with Crippen LogP contribution in [0.2, 0.25) is 0 Å². The van der Waals surface area contributed by atoms with Crippen molar-refractivity contribution in [3.05, 3.63) is 52.7 Å². The van der Waals surface area contributed by atoms with Gasteiger partial charge in [-0.25, -0.2) is 9.67 Å². The predicted octanol–water partition coefficient (Wildman–Crippen LogP) is 5.07. The van der Waals surface area contributed by atoms with Gasteiger partial charge in [0.05, 0.1) is 18.2 Å². The fourth-order valence-corrected chi connectivity index (χ4v) is 4.81. The fourth-order valence-electron chi connectivity index (χ4n) is 4.81. The van der Waals surface area contributed by atoms with Crippen molar-refractivity contribution in [2.24, 2.45) is 0 Å². The third-order valence-electron chi connectivity index (χ3n) is 6.88. The van der Waals surface area contributed by atoms with Crippen LogP contribution in [0.5, 0.6) is 0 Å². The van der Waals surface area contributed by atoms with Crippen LogP contribution in [0.1, 0.15) is 82.6 Å². The Balaban J connectivity index is 1.36. The van der Waals surface area contributed by atoms with Gasteiger partial charge in [0.15, 0.2) is 5.65 Å². The Morgan fingerprint density at radius 3 is 2.24 bits per heavy atom. The standard InChI is InChI=1S/C27H37N5O2/c1-21-13-15-23(16-14-21)32-26-24(19-29-32)27(34)31(20-28-26)18-17-25(33)30-22-11-9-7-5-3-2-4-6-8-10-12-22/h13-16,19-20,22H,2-12,17-18H2,1H3,(H,30,33). The Labute approximate surface area is 201 Å². The Hall–Kier alpha value is -2.96. The highest BCUT2D eigenvalue weighted by molar-refractivity contribution is 5.76. The van der Waals surface area contributed by atoms with Gasteiger partial charge in [-0.3, -0.25) is 14.2 Å². The second-order valence-electron chi connectivity index (χ2n) is 9.65. The van der Waals surface area contributed by atoms with E-state index in [4.69, 9.17) is 0 Å². The summed E-state index contributed by atoms with van der Waals surface area (Å²) in [5, 5.41) is 8.07. The second-order valence-corrected chi connectivity index (χ2v) is 9.65. The van der Waals surface area contributed by atoms with E-state index in [2.05, 4.69) is 15.4 Å². The van der Waals surface area contributed by atoms with E-state index in [-0.39, 0.29) is 23.9 Å². The highest BCUT2D eigenvalue weighted by Crippen LogP contribution is 2.17. The molecule has 1 aliphatic rings. The molecule has 1 aromatic carbocycles. The minimum atomic E-state index is -0.165. The summed E-state index contributed by atoms with van der Waals surface area (Å²) in [4.78, 5) is 30.2. The van der Waals surface area contributed by atoms with Crippen LogP contribution < -0.4 is 10.9 Å². The Morgan fingerprint density at radius 1 is 0.971 bits per heavy atom. The van der Waals surface area contributed by atoms with Crippen LogP contribution >= 0.6 is 0 Å². The lowest BCUT2D eigenvalue weighted by atomic mass is 9.98. The number of nitrogens with zero attached hydrogens (tertiary/aromatic N) is 4. The molecular weight excluding hydrogens is 426 g/mol. The van der Waals surface area contributed by atoms with Gasteiger partial charge in [-0.1, -0.05) is 75.5 Å². The van der Waals surface area contributed by atoms with Gasteiger partial charge in [0.2, 0.25) is 5.91 Å². The monoisotopic (exact) mass is 463 g/mol. The summed E-state index contributed by atoms with van der Waals surface area (Å²) in [5.74, 6) is 0.0134. The van der Waals surface area contributed by atoms with Crippen molar-refractivity contribution >= 4 is 16.9 Å². The summed E-state index contributed by atoms with van der Waals surface area (Å²) in [6.45, 7) is 2.34. The van der Waals surface area contributed by atoms with Gasteiger partial charge in [-0.2, -0.15) is 5.10 Å². The average molecular weight is 464 g/mol. The fraction of sp³-hybridized carbons (Fsp3) is 0.556. The van der Waals surface area contributed by atoms with Gasteiger partial charge in [-0.15, -0.1) is 0 Å². The summed E-state index contributed by atoms with van der Waals surface area (Å²) in [6.07, 6.45) is 17.0. The first-order chi connectivity index (χ1) is 16.6. The van der Waals surface area contributed by atoms with E-state index < -0.39 is 0 Å². The molecule has 182 valence electrons. The smallest absolute Gasteiger partial charge is 0.264 e. The van der Waals surface area contributed by atoms with Crippen LogP contribution in [0.25, 0.3) is 16.7 Å². The van der Waals surface area contributed by atoms with Gasteiger partial charge < -0.3 is 5.32 Å². The minimum Gasteiger partial charge on any atom is -0.353 e. The number of fused-ring (bicyclic) bond motifs is 1. The number of hydrogen-bond acceptors (Lipinski definition) is 4. The maximum absolute atomic E-state index is 13.0. The van der Waals surface area contributed by atoms with Crippen molar-refractivity contribution in [2.45, 2.75) is 96.6 Å². The molecule has 1 amide bonds. The highest BCUT2D eigenvalue weighted by Gasteiger charge is 2.15. The van der Waals surface area contributed by atoms with Crippen LogP contribution in [-0.4, -0.2) is 31.3 Å². The van der Waals surface area contributed by atoms with Gasteiger partial charge in [0.25, 0.3) is 5.56 Å². The molecule has 7 nitrogen and oxygen atoms in total. The Kier molecular flexibility index (Phi) is 8.50. The first-order valence-electron chi connectivity index (χ1n) is 12.9. The predicted molar refractivity (Wildman–Crippen MR) is 135 cm³/mol. The zero-order valence-corrected chi connectivity index (χ0v) is 20.3. The quantitative estimate of drug-likeness (QED) is 0.573. The second kappa shape index (κ2) is 12.0. The van der Waals surface area contributed by atoms with Crippen LogP contribution in [0.4, 0.5) is 0 Å². The average Bonchev–Trinajstić information content (AvgIpc) is 3.26. The van der Waals surface area contributed by atoms with Crippen molar-refractivity contribution in [1.29, 1.82) is 0 Å². The number of rotatable bonds is 5. The Bertz CT molecular complexity index is 1120. The number of carbonyl (C=O) groups is 1. The van der Waals surface area contributed by atoms with Crippen LogP contribution in [0, 0.1) is 6.92 Å². The number of hydrogen-bond donors (Lipinski definition) is 1. The third-order valence-corrected chi connectivity index (χ3v) is 6.88. The minimum absolute atomic E-state index is 0.0134.